The van der Waals surface area contributed by atoms with Crippen molar-refractivity contribution in [1.29, 1.82) is 0 Å². The zero-order chi connectivity index (χ0) is 12.3. The Morgan fingerprint density at radius 2 is 2.06 bits per heavy atom. The van der Waals surface area contributed by atoms with E-state index in [0.717, 1.165) is 38.5 Å². The van der Waals surface area contributed by atoms with Crippen molar-refractivity contribution in [2.45, 2.75) is 32.2 Å². The molecule has 0 aromatic rings. The molecule has 2 rings (SSSR count). The molecule has 1 saturated heterocycles. The number of rotatable bonds is 4. The minimum atomic E-state index is -2.76. The third-order valence-electron chi connectivity index (χ3n) is 4.09. The first kappa shape index (κ1) is 13.3. The van der Waals surface area contributed by atoms with Crippen molar-refractivity contribution < 1.29 is 8.42 Å². The Hall–Kier alpha value is -0.130. The van der Waals surface area contributed by atoms with Crippen LogP contribution in [-0.2, 0) is 9.84 Å². The summed E-state index contributed by atoms with van der Waals surface area (Å²) in [5.74, 6) is 1.47. The van der Waals surface area contributed by atoms with Gasteiger partial charge in [0.25, 0.3) is 0 Å². The molecule has 0 bridgehead atoms. The van der Waals surface area contributed by atoms with Crippen LogP contribution in [0.25, 0.3) is 0 Å². The molecule has 17 heavy (non-hydrogen) atoms. The van der Waals surface area contributed by atoms with E-state index in [1.165, 1.54) is 12.8 Å². The molecule has 1 aliphatic carbocycles. The van der Waals surface area contributed by atoms with Gasteiger partial charge in [0.1, 0.15) is 0 Å². The van der Waals surface area contributed by atoms with E-state index < -0.39 is 9.84 Å². The van der Waals surface area contributed by atoms with Crippen LogP contribution in [0.3, 0.4) is 0 Å². The van der Waals surface area contributed by atoms with Crippen molar-refractivity contribution in [3.63, 3.8) is 0 Å². The van der Waals surface area contributed by atoms with E-state index in [4.69, 9.17) is 0 Å². The molecule has 0 spiro atoms. The van der Waals surface area contributed by atoms with E-state index in [2.05, 4.69) is 17.1 Å². The SMILES string of the molecule is CCNCC1CCC1N1CCCS(=O)(=O)CC1. The van der Waals surface area contributed by atoms with Crippen molar-refractivity contribution in [2.24, 2.45) is 5.92 Å². The van der Waals surface area contributed by atoms with Gasteiger partial charge in [0.2, 0.25) is 0 Å². The van der Waals surface area contributed by atoms with Gasteiger partial charge in [-0.1, -0.05) is 6.92 Å². The van der Waals surface area contributed by atoms with Gasteiger partial charge in [0.05, 0.1) is 11.5 Å². The van der Waals surface area contributed by atoms with Crippen molar-refractivity contribution >= 4 is 9.84 Å². The first-order chi connectivity index (χ1) is 8.12. The summed E-state index contributed by atoms with van der Waals surface area (Å²) >= 11 is 0. The Bertz CT molecular complexity index is 342. The number of hydrogen-bond acceptors (Lipinski definition) is 4. The van der Waals surface area contributed by atoms with Crippen molar-refractivity contribution in [2.75, 3.05) is 37.7 Å². The first-order valence-electron chi connectivity index (χ1n) is 6.77. The summed E-state index contributed by atoms with van der Waals surface area (Å²) in [4.78, 5) is 2.41. The van der Waals surface area contributed by atoms with Gasteiger partial charge in [-0.05, 0) is 44.8 Å². The molecular formula is C12H24N2O2S. The second kappa shape index (κ2) is 5.67. The Morgan fingerprint density at radius 1 is 1.24 bits per heavy atom. The highest BCUT2D eigenvalue weighted by Crippen LogP contribution is 2.32. The van der Waals surface area contributed by atoms with Gasteiger partial charge in [0.15, 0.2) is 9.84 Å². The smallest absolute Gasteiger partial charge is 0.151 e. The highest BCUT2D eigenvalue weighted by molar-refractivity contribution is 7.91. The molecule has 2 atom stereocenters. The van der Waals surface area contributed by atoms with Crippen LogP contribution in [0.2, 0.25) is 0 Å². The van der Waals surface area contributed by atoms with Gasteiger partial charge < -0.3 is 5.32 Å². The molecule has 1 N–H and O–H groups in total. The Labute approximate surface area is 105 Å². The van der Waals surface area contributed by atoms with Crippen LogP contribution < -0.4 is 5.32 Å². The van der Waals surface area contributed by atoms with Gasteiger partial charge in [-0.25, -0.2) is 8.42 Å². The molecule has 2 fully saturated rings. The number of nitrogens with zero attached hydrogens (tertiary/aromatic N) is 1. The molecule has 1 saturated carbocycles. The lowest BCUT2D eigenvalue weighted by Crippen LogP contribution is -2.51. The summed E-state index contributed by atoms with van der Waals surface area (Å²) in [6, 6.07) is 0.627. The monoisotopic (exact) mass is 260 g/mol. The van der Waals surface area contributed by atoms with Crippen LogP contribution in [0.4, 0.5) is 0 Å². The van der Waals surface area contributed by atoms with Crippen molar-refractivity contribution in [3.05, 3.63) is 0 Å². The molecule has 0 aromatic heterocycles. The predicted molar refractivity (Wildman–Crippen MR) is 69.9 cm³/mol. The molecule has 2 aliphatic rings. The van der Waals surface area contributed by atoms with E-state index in [1.807, 2.05) is 0 Å². The summed E-state index contributed by atoms with van der Waals surface area (Å²) < 4.78 is 23.1. The fourth-order valence-electron chi connectivity index (χ4n) is 2.89. The van der Waals surface area contributed by atoms with Crippen LogP contribution >= 0.6 is 0 Å². The lowest BCUT2D eigenvalue weighted by molar-refractivity contribution is 0.0686. The van der Waals surface area contributed by atoms with Crippen LogP contribution in [0, 0.1) is 5.92 Å². The number of hydrogen-bond donors (Lipinski definition) is 1. The number of nitrogens with one attached hydrogen (secondary N) is 1. The minimum absolute atomic E-state index is 0.359. The van der Waals surface area contributed by atoms with Gasteiger partial charge in [0, 0.05) is 12.6 Å². The highest BCUT2D eigenvalue weighted by Gasteiger charge is 2.36. The summed E-state index contributed by atoms with van der Waals surface area (Å²) in [6.45, 7) is 5.95. The average molecular weight is 260 g/mol. The molecule has 4 nitrogen and oxygen atoms in total. The topological polar surface area (TPSA) is 49.4 Å². The third kappa shape index (κ3) is 3.42. The molecule has 0 radical (unpaired) electrons. The second-order valence-electron chi connectivity index (χ2n) is 5.25. The molecule has 100 valence electrons. The van der Waals surface area contributed by atoms with Crippen LogP contribution in [0.15, 0.2) is 0 Å². The van der Waals surface area contributed by atoms with Crippen LogP contribution in [-0.4, -0.2) is 57.0 Å². The molecular weight excluding hydrogens is 236 g/mol. The third-order valence-corrected chi connectivity index (χ3v) is 5.81. The van der Waals surface area contributed by atoms with Gasteiger partial charge in [-0.2, -0.15) is 0 Å². The Morgan fingerprint density at radius 3 is 2.71 bits per heavy atom. The normalized spacial score (nSPS) is 33.9. The maximum Gasteiger partial charge on any atom is 0.151 e. The maximum atomic E-state index is 11.6. The molecule has 1 heterocycles. The van der Waals surface area contributed by atoms with Gasteiger partial charge in [-0.3, -0.25) is 4.90 Å². The quantitative estimate of drug-likeness (QED) is 0.799. The second-order valence-corrected chi connectivity index (χ2v) is 7.56. The first-order valence-corrected chi connectivity index (χ1v) is 8.59. The van der Waals surface area contributed by atoms with Crippen LogP contribution in [0.1, 0.15) is 26.2 Å². The van der Waals surface area contributed by atoms with E-state index in [1.54, 1.807) is 0 Å². The Kier molecular flexibility index (Phi) is 4.44. The van der Waals surface area contributed by atoms with Gasteiger partial charge >= 0.3 is 0 Å². The van der Waals surface area contributed by atoms with Gasteiger partial charge in [-0.15, -0.1) is 0 Å². The van der Waals surface area contributed by atoms with E-state index >= 15 is 0 Å². The summed E-state index contributed by atoms with van der Waals surface area (Å²) in [6.07, 6.45) is 3.35. The minimum Gasteiger partial charge on any atom is -0.317 e. The largest absolute Gasteiger partial charge is 0.317 e. The zero-order valence-electron chi connectivity index (χ0n) is 10.7. The van der Waals surface area contributed by atoms with Crippen molar-refractivity contribution in [3.8, 4) is 0 Å². The average Bonchev–Trinajstić information content (AvgIpc) is 2.40. The van der Waals surface area contributed by atoms with E-state index in [0.29, 0.717) is 17.5 Å². The summed E-state index contributed by atoms with van der Waals surface area (Å²) in [5.41, 5.74) is 0. The molecule has 5 heteroatoms. The van der Waals surface area contributed by atoms with E-state index in [9.17, 15) is 8.42 Å². The fourth-order valence-corrected chi connectivity index (χ4v) is 4.18. The summed E-state index contributed by atoms with van der Waals surface area (Å²) in [5, 5.41) is 3.41. The lowest BCUT2D eigenvalue weighted by atomic mass is 9.78. The standard InChI is InChI=1S/C12H24N2O2S/c1-2-13-10-11-4-5-12(11)14-6-3-8-17(15,16)9-7-14/h11-13H,2-10H2,1H3. The zero-order valence-corrected chi connectivity index (χ0v) is 11.5. The lowest BCUT2D eigenvalue weighted by Gasteiger charge is -2.44. The molecule has 2 unspecified atom stereocenters. The van der Waals surface area contributed by atoms with E-state index in [-0.39, 0.29) is 0 Å². The maximum absolute atomic E-state index is 11.6. The molecule has 0 aromatic carbocycles. The highest BCUT2D eigenvalue weighted by atomic mass is 32.2. The fraction of sp³-hybridized carbons (Fsp3) is 1.00. The predicted octanol–water partition coefficient (Wildman–Crippen LogP) is 0.495. The summed E-state index contributed by atoms with van der Waals surface area (Å²) in [7, 11) is -2.76. The van der Waals surface area contributed by atoms with Crippen molar-refractivity contribution in [1.82, 2.24) is 10.2 Å². The van der Waals surface area contributed by atoms with Crippen LogP contribution in [0.5, 0.6) is 0 Å². The molecule has 0 amide bonds. The Balaban J connectivity index is 1.85. The molecule has 1 aliphatic heterocycles. The number of sulfone groups is 1.